The summed E-state index contributed by atoms with van der Waals surface area (Å²) >= 11 is 5.68. The van der Waals surface area contributed by atoms with Gasteiger partial charge in [-0.1, -0.05) is 11.6 Å². The van der Waals surface area contributed by atoms with E-state index in [1.54, 1.807) is 0 Å². The number of methoxy groups -OCH3 is 1. The molecule has 5 nitrogen and oxygen atoms in total. The van der Waals surface area contributed by atoms with E-state index in [-0.39, 0.29) is 23.7 Å². The number of carboxylic acid groups (broad SMARTS) is 1. The van der Waals surface area contributed by atoms with Crippen molar-refractivity contribution in [1.29, 1.82) is 0 Å². The van der Waals surface area contributed by atoms with Gasteiger partial charge in [-0.25, -0.2) is 4.39 Å². The lowest BCUT2D eigenvalue weighted by Gasteiger charge is -2.39. The Kier molecular flexibility index (Phi) is 5.03. The van der Waals surface area contributed by atoms with Crippen molar-refractivity contribution in [3.05, 3.63) is 34.6 Å². The van der Waals surface area contributed by atoms with E-state index in [0.29, 0.717) is 19.4 Å². The van der Waals surface area contributed by atoms with E-state index in [0.717, 1.165) is 6.07 Å². The van der Waals surface area contributed by atoms with Crippen molar-refractivity contribution in [2.75, 3.05) is 26.8 Å². The van der Waals surface area contributed by atoms with Gasteiger partial charge in [0.2, 0.25) is 0 Å². The number of carbonyl (C=O) groups excluding carboxylic acids is 1. The second kappa shape index (κ2) is 6.62. The molecule has 0 radical (unpaired) electrons. The summed E-state index contributed by atoms with van der Waals surface area (Å²) in [4.78, 5) is 25.4. The van der Waals surface area contributed by atoms with E-state index in [2.05, 4.69) is 0 Å². The Labute approximate surface area is 132 Å². The highest BCUT2D eigenvalue weighted by atomic mass is 35.5. The molecule has 1 heterocycles. The highest BCUT2D eigenvalue weighted by Crippen LogP contribution is 2.32. The highest BCUT2D eigenvalue weighted by Gasteiger charge is 2.44. The van der Waals surface area contributed by atoms with Gasteiger partial charge in [0.05, 0.1) is 12.2 Å². The maximum Gasteiger partial charge on any atom is 0.313 e. The third kappa shape index (κ3) is 3.23. The number of benzene rings is 1. The largest absolute Gasteiger partial charge is 0.481 e. The molecule has 2 rings (SSSR count). The average Bonchev–Trinajstić information content (AvgIpc) is 2.47. The number of hydrogen-bond acceptors (Lipinski definition) is 3. The van der Waals surface area contributed by atoms with Crippen LogP contribution in [-0.4, -0.2) is 48.7 Å². The predicted molar refractivity (Wildman–Crippen MR) is 78.5 cm³/mol. The van der Waals surface area contributed by atoms with Gasteiger partial charge in [0.25, 0.3) is 5.91 Å². The van der Waals surface area contributed by atoms with Gasteiger partial charge in [0.1, 0.15) is 11.2 Å². The number of likely N-dealkylation sites (tertiary alicyclic amines) is 1. The zero-order chi connectivity index (χ0) is 16.3. The third-order valence-corrected chi connectivity index (χ3v) is 4.14. The van der Waals surface area contributed by atoms with Crippen molar-refractivity contribution in [2.24, 2.45) is 5.41 Å². The fourth-order valence-corrected chi connectivity index (χ4v) is 2.93. The first-order valence-electron chi connectivity index (χ1n) is 6.86. The van der Waals surface area contributed by atoms with Crippen molar-refractivity contribution >= 4 is 23.5 Å². The van der Waals surface area contributed by atoms with Gasteiger partial charge in [0, 0.05) is 25.2 Å². The van der Waals surface area contributed by atoms with Crippen LogP contribution >= 0.6 is 11.6 Å². The van der Waals surface area contributed by atoms with Gasteiger partial charge in [-0.15, -0.1) is 0 Å². The molecule has 1 aromatic carbocycles. The maximum absolute atomic E-state index is 13.9. The number of carboxylic acids is 1. The molecule has 0 bridgehead atoms. The van der Waals surface area contributed by atoms with Crippen LogP contribution in [0.2, 0.25) is 5.02 Å². The molecule has 1 aliphatic rings. The Hall–Kier alpha value is -1.66. The number of hydrogen-bond donors (Lipinski definition) is 1. The van der Waals surface area contributed by atoms with Gasteiger partial charge in [-0.2, -0.15) is 0 Å². The van der Waals surface area contributed by atoms with E-state index in [9.17, 15) is 19.1 Å². The number of amides is 1. The SMILES string of the molecule is COCC1(C(=O)O)CCCN(C(=O)c2ccc(Cl)cc2F)C1. The number of rotatable bonds is 4. The Bertz CT molecular complexity index is 591. The lowest BCUT2D eigenvalue weighted by Crippen LogP contribution is -2.52. The zero-order valence-electron chi connectivity index (χ0n) is 12.1. The van der Waals surface area contributed by atoms with E-state index in [1.807, 2.05) is 0 Å². The molecule has 1 saturated heterocycles. The minimum absolute atomic E-state index is 0.00290. The van der Waals surface area contributed by atoms with Crippen LogP contribution < -0.4 is 0 Å². The lowest BCUT2D eigenvalue weighted by molar-refractivity contribution is -0.155. The first-order valence-corrected chi connectivity index (χ1v) is 7.24. The second-order valence-electron chi connectivity index (χ2n) is 5.47. The molecule has 1 aliphatic heterocycles. The normalized spacial score (nSPS) is 21.7. The summed E-state index contributed by atoms with van der Waals surface area (Å²) in [5.41, 5.74) is -1.26. The van der Waals surface area contributed by atoms with Crippen LogP contribution in [0.1, 0.15) is 23.2 Å². The summed E-state index contributed by atoms with van der Waals surface area (Å²) in [5.74, 6) is -2.25. The lowest BCUT2D eigenvalue weighted by atomic mass is 9.80. The number of halogens is 2. The summed E-state index contributed by atoms with van der Waals surface area (Å²) in [5, 5.41) is 9.67. The Morgan fingerprint density at radius 1 is 1.50 bits per heavy atom. The molecular formula is C15H17ClFNO4. The molecule has 0 spiro atoms. The van der Waals surface area contributed by atoms with Crippen LogP contribution in [0.3, 0.4) is 0 Å². The summed E-state index contributed by atoms with van der Waals surface area (Å²) in [6.45, 7) is 0.395. The Morgan fingerprint density at radius 3 is 2.82 bits per heavy atom. The molecule has 0 saturated carbocycles. The van der Waals surface area contributed by atoms with E-state index >= 15 is 0 Å². The summed E-state index contributed by atoms with van der Waals surface area (Å²) < 4.78 is 18.9. The molecule has 1 fully saturated rings. The summed E-state index contributed by atoms with van der Waals surface area (Å²) in [7, 11) is 1.42. The van der Waals surface area contributed by atoms with E-state index < -0.39 is 23.1 Å². The first-order chi connectivity index (χ1) is 10.4. The average molecular weight is 330 g/mol. The van der Waals surface area contributed by atoms with Gasteiger partial charge in [-0.05, 0) is 31.0 Å². The fraction of sp³-hybridized carbons (Fsp3) is 0.467. The molecular weight excluding hydrogens is 313 g/mol. The van der Waals surface area contributed by atoms with E-state index in [1.165, 1.54) is 24.1 Å². The summed E-state index contributed by atoms with van der Waals surface area (Å²) in [6, 6.07) is 3.81. The smallest absolute Gasteiger partial charge is 0.313 e. The molecule has 1 atom stereocenters. The molecule has 1 unspecified atom stereocenters. The Morgan fingerprint density at radius 2 is 2.23 bits per heavy atom. The summed E-state index contributed by atoms with van der Waals surface area (Å²) in [6.07, 6.45) is 0.944. The van der Waals surface area contributed by atoms with Crippen molar-refractivity contribution in [3.8, 4) is 0 Å². The maximum atomic E-state index is 13.9. The van der Waals surface area contributed by atoms with Gasteiger partial charge >= 0.3 is 5.97 Å². The number of carbonyl (C=O) groups is 2. The Balaban J connectivity index is 2.24. The molecule has 1 amide bonds. The quantitative estimate of drug-likeness (QED) is 0.921. The third-order valence-electron chi connectivity index (χ3n) is 3.90. The number of nitrogens with zero attached hydrogens (tertiary/aromatic N) is 1. The van der Waals surface area contributed by atoms with Crippen LogP contribution in [0.5, 0.6) is 0 Å². The fourth-order valence-electron chi connectivity index (χ4n) is 2.77. The topological polar surface area (TPSA) is 66.8 Å². The molecule has 0 aliphatic carbocycles. The van der Waals surface area contributed by atoms with Crippen molar-refractivity contribution in [1.82, 2.24) is 4.90 Å². The van der Waals surface area contributed by atoms with Crippen molar-refractivity contribution in [2.45, 2.75) is 12.8 Å². The molecule has 22 heavy (non-hydrogen) atoms. The zero-order valence-corrected chi connectivity index (χ0v) is 12.9. The van der Waals surface area contributed by atoms with Gasteiger partial charge < -0.3 is 14.7 Å². The predicted octanol–water partition coefficient (Wildman–Crippen LogP) is 2.43. The van der Waals surface area contributed by atoms with Gasteiger partial charge in [0.15, 0.2) is 0 Å². The van der Waals surface area contributed by atoms with Crippen LogP contribution in [0.25, 0.3) is 0 Å². The second-order valence-corrected chi connectivity index (χ2v) is 5.91. The van der Waals surface area contributed by atoms with E-state index in [4.69, 9.17) is 16.3 Å². The van der Waals surface area contributed by atoms with Gasteiger partial charge in [-0.3, -0.25) is 9.59 Å². The van der Waals surface area contributed by atoms with Crippen molar-refractivity contribution < 1.29 is 23.8 Å². The standard InChI is InChI=1S/C15H17ClFNO4/c1-22-9-15(14(20)21)5-2-6-18(8-15)13(19)11-4-3-10(16)7-12(11)17/h3-4,7H,2,5-6,8-9H2,1H3,(H,20,21). The molecule has 1 N–H and O–H groups in total. The van der Waals surface area contributed by atoms with Crippen LogP contribution in [0.15, 0.2) is 18.2 Å². The van der Waals surface area contributed by atoms with Crippen molar-refractivity contribution in [3.63, 3.8) is 0 Å². The molecule has 1 aromatic rings. The monoisotopic (exact) mass is 329 g/mol. The van der Waals surface area contributed by atoms with Crippen LogP contribution in [-0.2, 0) is 9.53 Å². The number of piperidine rings is 1. The molecule has 7 heteroatoms. The van der Waals surface area contributed by atoms with Crippen LogP contribution in [0.4, 0.5) is 4.39 Å². The molecule has 0 aromatic heterocycles. The van der Waals surface area contributed by atoms with Crippen LogP contribution in [0, 0.1) is 11.2 Å². The first kappa shape index (κ1) is 16.7. The minimum Gasteiger partial charge on any atom is -0.481 e. The number of ether oxygens (including phenoxy) is 1. The number of aliphatic carboxylic acids is 1. The minimum atomic E-state index is -1.15. The molecule has 120 valence electrons. The highest BCUT2D eigenvalue weighted by molar-refractivity contribution is 6.30.